The Kier molecular flexibility index (Phi) is 23.1. The summed E-state index contributed by atoms with van der Waals surface area (Å²) in [5, 5.41) is 57.3. The first-order chi connectivity index (χ1) is 22.5. The molecule has 0 radical (unpaired) electrons. The van der Waals surface area contributed by atoms with Crippen molar-refractivity contribution in [2.24, 2.45) is 29.4 Å². The van der Waals surface area contributed by atoms with Crippen molar-refractivity contribution in [2.75, 3.05) is 6.54 Å². The Morgan fingerprint density at radius 1 is 0.625 bits per heavy atom. The normalized spacial score (nSPS) is 16.4. The molecule has 8 N–H and O–H groups in total. The zero-order valence-corrected chi connectivity index (χ0v) is 28.5. The number of hydrogen-bond acceptors (Lipinski definition) is 11. The van der Waals surface area contributed by atoms with Crippen LogP contribution in [-0.2, 0) is 38.2 Å². The van der Waals surface area contributed by atoms with E-state index >= 15 is 0 Å². The van der Waals surface area contributed by atoms with Crippen LogP contribution in [0.3, 0.4) is 0 Å². The standard InChI is InChI=1S/C33H57NO14/c1-4-5-10-21(3)31(48-30(42)18-23(33(45)46)16-28(39)40)26(47-29(41)17-22(32(43)44)15-27(37)38)14-20(2)13-24(35)11-8-6-7-9-12-25(36)19-34/h20-26,31,35-36H,4-19,34H2,1-3H3,(H,37,38)(H,39,40)(H,43,44)(H,45,46). The number of aliphatic carboxylic acids is 4. The van der Waals surface area contributed by atoms with E-state index in [0.29, 0.717) is 32.1 Å². The number of hydrogen-bond donors (Lipinski definition) is 7. The molecule has 278 valence electrons. The van der Waals surface area contributed by atoms with Crippen LogP contribution in [0.5, 0.6) is 0 Å². The van der Waals surface area contributed by atoms with Crippen LogP contribution in [0.25, 0.3) is 0 Å². The summed E-state index contributed by atoms with van der Waals surface area (Å²) in [5.41, 5.74) is 5.41. The van der Waals surface area contributed by atoms with E-state index in [0.717, 1.165) is 32.1 Å². The van der Waals surface area contributed by atoms with Crippen LogP contribution in [0.4, 0.5) is 0 Å². The maximum atomic E-state index is 13.0. The van der Waals surface area contributed by atoms with Gasteiger partial charge in [-0.15, -0.1) is 0 Å². The lowest BCUT2D eigenvalue weighted by atomic mass is 9.87. The van der Waals surface area contributed by atoms with Crippen molar-refractivity contribution in [1.82, 2.24) is 0 Å². The Morgan fingerprint density at radius 2 is 1.10 bits per heavy atom. The van der Waals surface area contributed by atoms with Crippen molar-refractivity contribution >= 4 is 35.8 Å². The van der Waals surface area contributed by atoms with Gasteiger partial charge >= 0.3 is 35.8 Å². The minimum absolute atomic E-state index is 0.0718. The van der Waals surface area contributed by atoms with Gasteiger partial charge in [-0.2, -0.15) is 0 Å². The smallest absolute Gasteiger partial charge is 0.307 e. The topological polar surface area (TPSA) is 268 Å². The highest BCUT2D eigenvalue weighted by molar-refractivity contribution is 5.83. The van der Waals surface area contributed by atoms with E-state index in [1.807, 2.05) is 6.92 Å². The van der Waals surface area contributed by atoms with Gasteiger partial charge in [0.25, 0.3) is 0 Å². The predicted octanol–water partition coefficient (Wildman–Crippen LogP) is 3.20. The van der Waals surface area contributed by atoms with Crippen LogP contribution >= 0.6 is 0 Å². The summed E-state index contributed by atoms with van der Waals surface area (Å²) >= 11 is 0. The quantitative estimate of drug-likeness (QED) is 0.0438. The maximum Gasteiger partial charge on any atom is 0.307 e. The van der Waals surface area contributed by atoms with Gasteiger partial charge in [0.2, 0.25) is 0 Å². The second kappa shape index (κ2) is 24.8. The molecule has 0 aromatic rings. The van der Waals surface area contributed by atoms with Crippen molar-refractivity contribution in [3.8, 4) is 0 Å². The molecule has 15 nitrogen and oxygen atoms in total. The molecule has 0 aromatic carbocycles. The van der Waals surface area contributed by atoms with Gasteiger partial charge in [-0.1, -0.05) is 59.3 Å². The van der Waals surface area contributed by atoms with E-state index < -0.39 is 104 Å². The fourth-order valence-electron chi connectivity index (χ4n) is 5.54. The first kappa shape index (κ1) is 44.7. The Labute approximate surface area is 282 Å². The average molecular weight is 692 g/mol. The predicted molar refractivity (Wildman–Crippen MR) is 172 cm³/mol. The van der Waals surface area contributed by atoms with Crippen LogP contribution in [0, 0.1) is 23.7 Å². The van der Waals surface area contributed by atoms with Crippen molar-refractivity contribution in [1.29, 1.82) is 0 Å². The van der Waals surface area contributed by atoms with E-state index in [9.17, 15) is 49.2 Å². The van der Waals surface area contributed by atoms with Crippen LogP contribution in [-0.4, -0.2) is 97.4 Å². The minimum atomic E-state index is -1.57. The maximum absolute atomic E-state index is 13.0. The summed E-state index contributed by atoms with van der Waals surface area (Å²) in [7, 11) is 0. The first-order valence-corrected chi connectivity index (χ1v) is 16.8. The Hall–Kier alpha value is -3.30. The van der Waals surface area contributed by atoms with Crippen molar-refractivity contribution < 1.29 is 68.9 Å². The third-order valence-corrected chi connectivity index (χ3v) is 8.26. The van der Waals surface area contributed by atoms with E-state index in [4.69, 9.17) is 25.4 Å². The first-order valence-electron chi connectivity index (χ1n) is 16.8. The molecule has 15 heteroatoms. The van der Waals surface area contributed by atoms with Crippen molar-refractivity contribution in [3.63, 3.8) is 0 Å². The van der Waals surface area contributed by atoms with Gasteiger partial charge in [0.05, 0.1) is 49.7 Å². The summed E-state index contributed by atoms with van der Waals surface area (Å²) in [6, 6.07) is 0. The third-order valence-electron chi connectivity index (χ3n) is 8.26. The number of ether oxygens (including phenoxy) is 2. The van der Waals surface area contributed by atoms with Gasteiger partial charge in [-0.3, -0.25) is 28.8 Å². The molecule has 48 heavy (non-hydrogen) atoms. The highest BCUT2D eigenvalue weighted by Crippen LogP contribution is 2.29. The Balaban J connectivity index is 5.97. The number of esters is 2. The molecule has 0 bridgehead atoms. The molecule has 0 rings (SSSR count). The number of carboxylic acid groups (broad SMARTS) is 4. The van der Waals surface area contributed by atoms with Gasteiger partial charge in [0, 0.05) is 6.54 Å². The monoisotopic (exact) mass is 691 g/mol. The molecule has 0 saturated carbocycles. The number of carbonyl (C=O) groups is 6. The van der Waals surface area contributed by atoms with Crippen LogP contribution < -0.4 is 5.73 Å². The molecule has 8 unspecified atom stereocenters. The average Bonchev–Trinajstić information content (AvgIpc) is 2.98. The molecule has 0 spiro atoms. The van der Waals surface area contributed by atoms with Crippen LogP contribution in [0.2, 0.25) is 0 Å². The molecule has 0 saturated heterocycles. The van der Waals surface area contributed by atoms with Gasteiger partial charge < -0.3 is 45.8 Å². The van der Waals surface area contributed by atoms with E-state index in [-0.39, 0.29) is 18.9 Å². The van der Waals surface area contributed by atoms with Crippen LogP contribution in [0.1, 0.15) is 117 Å². The SMILES string of the molecule is CCCCC(C)C(OC(=O)CC(CC(=O)O)C(=O)O)C(CC(C)CC(O)CCCCCCC(O)CN)OC(=O)CC(CC(=O)O)C(=O)O. The number of aliphatic hydroxyl groups is 2. The minimum Gasteiger partial charge on any atom is -0.481 e. The number of aliphatic hydroxyl groups excluding tert-OH is 2. The molecular weight excluding hydrogens is 634 g/mol. The zero-order valence-electron chi connectivity index (χ0n) is 28.5. The van der Waals surface area contributed by atoms with Gasteiger partial charge in [0.1, 0.15) is 12.2 Å². The highest BCUT2D eigenvalue weighted by Gasteiger charge is 2.37. The molecule has 0 fully saturated rings. The lowest BCUT2D eigenvalue weighted by Gasteiger charge is -2.33. The number of unbranched alkanes of at least 4 members (excludes halogenated alkanes) is 4. The summed E-state index contributed by atoms with van der Waals surface area (Å²) in [6.07, 6.45) is 0.0490. The fraction of sp³-hybridized carbons (Fsp3) is 0.818. The number of carboxylic acids is 4. The van der Waals surface area contributed by atoms with E-state index in [1.54, 1.807) is 13.8 Å². The fourth-order valence-corrected chi connectivity index (χ4v) is 5.54. The molecule has 0 aliphatic carbocycles. The lowest BCUT2D eigenvalue weighted by Crippen LogP contribution is -2.42. The molecule has 0 amide bonds. The zero-order chi connectivity index (χ0) is 36.8. The second-order valence-corrected chi connectivity index (χ2v) is 12.9. The molecule has 0 aliphatic rings. The largest absolute Gasteiger partial charge is 0.481 e. The van der Waals surface area contributed by atoms with Crippen LogP contribution in [0.15, 0.2) is 0 Å². The third kappa shape index (κ3) is 20.8. The van der Waals surface area contributed by atoms with E-state index in [1.165, 1.54) is 0 Å². The Morgan fingerprint density at radius 3 is 1.54 bits per heavy atom. The summed E-state index contributed by atoms with van der Waals surface area (Å²) in [4.78, 5) is 71.5. The number of nitrogens with two attached hydrogens (primary N) is 1. The molecule has 8 atom stereocenters. The molecule has 0 heterocycles. The van der Waals surface area contributed by atoms with Crippen molar-refractivity contribution in [3.05, 3.63) is 0 Å². The summed E-state index contributed by atoms with van der Waals surface area (Å²) in [5.74, 6) is -11.7. The van der Waals surface area contributed by atoms with Gasteiger partial charge in [-0.25, -0.2) is 0 Å². The summed E-state index contributed by atoms with van der Waals surface area (Å²) in [6.45, 7) is 5.69. The molecule has 0 aromatic heterocycles. The molecule has 0 aliphatic heterocycles. The van der Waals surface area contributed by atoms with Crippen molar-refractivity contribution in [2.45, 2.75) is 141 Å². The highest BCUT2D eigenvalue weighted by atomic mass is 16.6. The number of carbonyl (C=O) groups excluding carboxylic acids is 2. The second-order valence-electron chi connectivity index (χ2n) is 12.9. The Bertz CT molecular complexity index is 1000. The van der Waals surface area contributed by atoms with E-state index in [2.05, 4.69) is 0 Å². The summed E-state index contributed by atoms with van der Waals surface area (Å²) < 4.78 is 11.4. The lowest BCUT2D eigenvalue weighted by molar-refractivity contribution is -0.177. The van der Waals surface area contributed by atoms with Gasteiger partial charge in [0.15, 0.2) is 0 Å². The van der Waals surface area contributed by atoms with Gasteiger partial charge in [-0.05, 0) is 43.9 Å². The molecular formula is C33H57NO14. The number of rotatable bonds is 29.